The maximum Gasteiger partial charge on any atom is 0.305 e. The van der Waals surface area contributed by atoms with Crippen LogP contribution < -0.4 is 10.1 Å². The van der Waals surface area contributed by atoms with Crippen LogP contribution in [-0.2, 0) is 4.79 Å². The summed E-state index contributed by atoms with van der Waals surface area (Å²) in [6, 6.07) is 13.1. The monoisotopic (exact) mass is 506 g/mol. The van der Waals surface area contributed by atoms with E-state index in [-0.39, 0.29) is 24.9 Å². The smallest absolute Gasteiger partial charge is 0.305 e. The average Bonchev–Trinajstić information content (AvgIpc) is 3.31. The van der Waals surface area contributed by atoms with Gasteiger partial charge in [-0.15, -0.1) is 10.2 Å². The van der Waals surface area contributed by atoms with E-state index in [0.717, 1.165) is 29.9 Å². The number of aliphatic carboxylic acids is 1. The van der Waals surface area contributed by atoms with Gasteiger partial charge < -0.3 is 24.5 Å². The van der Waals surface area contributed by atoms with Crippen LogP contribution in [0.4, 0.5) is 5.69 Å². The number of hydrogen-bond acceptors (Lipinski definition) is 7. The van der Waals surface area contributed by atoms with E-state index in [4.69, 9.17) is 14.3 Å². The second-order valence-corrected chi connectivity index (χ2v) is 9.55. The number of benzene rings is 1. The average molecular weight is 507 g/mol. The second-order valence-electron chi connectivity index (χ2n) is 9.55. The van der Waals surface area contributed by atoms with Gasteiger partial charge in [0.1, 0.15) is 11.5 Å². The quantitative estimate of drug-likeness (QED) is 0.379. The molecular weight excluding hydrogens is 472 g/mol. The van der Waals surface area contributed by atoms with Gasteiger partial charge in [0.05, 0.1) is 19.6 Å². The number of hydrogen-bond donors (Lipinski definition) is 2. The van der Waals surface area contributed by atoms with Crippen LogP contribution in [0.3, 0.4) is 0 Å². The summed E-state index contributed by atoms with van der Waals surface area (Å²) in [4.78, 5) is 24.9. The van der Waals surface area contributed by atoms with Gasteiger partial charge >= 0.3 is 5.97 Å². The van der Waals surface area contributed by atoms with Gasteiger partial charge in [-0.1, -0.05) is 19.3 Å². The van der Waals surface area contributed by atoms with Crippen molar-refractivity contribution in [2.45, 2.75) is 51.5 Å². The molecule has 0 aliphatic heterocycles. The van der Waals surface area contributed by atoms with Crippen molar-refractivity contribution in [1.29, 1.82) is 0 Å². The van der Waals surface area contributed by atoms with Crippen molar-refractivity contribution in [3.63, 3.8) is 0 Å². The first-order valence-corrected chi connectivity index (χ1v) is 12.7. The number of carbonyl (C=O) groups excluding carboxylic acids is 1. The molecule has 1 aliphatic carbocycles. The zero-order valence-corrected chi connectivity index (χ0v) is 21.6. The Bertz CT molecular complexity index is 1200. The van der Waals surface area contributed by atoms with Crippen molar-refractivity contribution in [2.24, 2.45) is 5.92 Å². The molecule has 1 aliphatic rings. The summed E-state index contributed by atoms with van der Waals surface area (Å²) in [5, 5.41) is 20.9. The molecule has 2 aromatic heterocycles. The Morgan fingerprint density at radius 3 is 2.49 bits per heavy atom. The normalized spacial score (nSPS) is 14.7. The number of rotatable bonds is 10. The molecule has 1 aromatic carbocycles. The summed E-state index contributed by atoms with van der Waals surface area (Å²) in [5.41, 5.74) is 3.17. The Balaban J connectivity index is 1.55. The second kappa shape index (κ2) is 11.9. The number of nitrogens with one attached hydrogen (secondary N) is 1. The molecule has 1 atom stereocenters. The lowest BCUT2D eigenvalue weighted by atomic mass is 9.81. The van der Waals surface area contributed by atoms with Crippen LogP contribution in [0.5, 0.6) is 5.88 Å². The standard InChI is InChI=1S/C28H34N4O5/c1-18-22(17-24(37-18)23-13-14-25(36-3)31-30-23)27(19-7-5-4-6-8-19)29-21-11-9-20(10-12-21)28(35)32(2)16-15-26(33)34/h9-14,17,19,27,29H,4-8,15-16H2,1-3H3,(H,33,34). The molecule has 1 fully saturated rings. The summed E-state index contributed by atoms with van der Waals surface area (Å²) in [6.07, 6.45) is 5.83. The van der Waals surface area contributed by atoms with Crippen molar-refractivity contribution >= 4 is 17.6 Å². The van der Waals surface area contributed by atoms with Gasteiger partial charge in [-0.2, -0.15) is 0 Å². The number of nitrogens with zero attached hydrogens (tertiary/aromatic N) is 3. The highest BCUT2D eigenvalue weighted by molar-refractivity contribution is 5.94. The summed E-state index contributed by atoms with van der Waals surface area (Å²) < 4.78 is 11.2. The highest BCUT2D eigenvalue weighted by atomic mass is 16.5. The van der Waals surface area contributed by atoms with Crippen LogP contribution in [-0.4, -0.2) is 52.8 Å². The Hall–Kier alpha value is -3.88. The fraction of sp³-hybridized carbons (Fsp3) is 0.429. The number of carboxylic acids is 1. The highest BCUT2D eigenvalue weighted by Gasteiger charge is 2.29. The number of carbonyl (C=O) groups is 2. The molecule has 4 rings (SSSR count). The summed E-state index contributed by atoms with van der Waals surface area (Å²) >= 11 is 0. The first kappa shape index (κ1) is 26.2. The molecule has 1 saturated carbocycles. The highest BCUT2D eigenvalue weighted by Crippen LogP contribution is 2.40. The Morgan fingerprint density at radius 1 is 1.14 bits per heavy atom. The predicted molar refractivity (Wildman–Crippen MR) is 140 cm³/mol. The van der Waals surface area contributed by atoms with E-state index in [0.29, 0.717) is 28.8 Å². The van der Waals surface area contributed by atoms with Crippen molar-refractivity contribution in [3.05, 3.63) is 59.4 Å². The van der Waals surface area contributed by atoms with E-state index in [1.807, 2.05) is 31.2 Å². The van der Waals surface area contributed by atoms with E-state index in [2.05, 4.69) is 15.5 Å². The third-order valence-electron chi connectivity index (χ3n) is 6.98. The molecule has 0 radical (unpaired) electrons. The number of amides is 1. The first-order valence-electron chi connectivity index (χ1n) is 12.7. The Labute approximate surface area is 216 Å². The van der Waals surface area contributed by atoms with Gasteiger partial charge in [0.25, 0.3) is 5.91 Å². The lowest BCUT2D eigenvalue weighted by Gasteiger charge is -2.31. The van der Waals surface area contributed by atoms with E-state index < -0.39 is 5.97 Å². The molecular formula is C28H34N4O5. The van der Waals surface area contributed by atoms with Crippen molar-refractivity contribution in [2.75, 3.05) is 26.0 Å². The minimum absolute atomic E-state index is 0.0452. The lowest BCUT2D eigenvalue weighted by Crippen LogP contribution is -2.29. The molecule has 1 unspecified atom stereocenters. The maximum atomic E-state index is 12.7. The van der Waals surface area contributed by atoms with Gasteiger partial charge in [-0.05, 0) is 62.1 Å². The molecule has 0 spiro atoms. The molecule has 2 heterocycles. The van der Waals surface area contributed by atoms with Crippen LogP contribution >= 0.6 is 0 Å². The molecule has 9 heteroatoms. The Morgan fingerprint density at radius 2 is 1.86 bits per heavy atom. The van der Waals surface area contributed by atoms with E-state index >= 15 is 0 Å². The first-order chi connectivity index (χ1) is 17.9. The number of carboxylic acid groups (broad SMARTS) is 1. The van der Waals surface area contributed by atoms with Crippen LogP contribution in [0.15, 0.2) is 46.9 Å². The molecule has 196 valence electrons. The third kappa shape index (κ3) is 6.47. The van der Waals surface area contributed by atoms with Gasteiger partial charge in [-0.25, -0.2) is 0 Å². The number of furan rings is 1. The number of methoxy groups -OCH3 is 1. The zero-order valence-electron chi connectivity index (χ0n) is 21.6. The van der Waals surface area contributed by atoms with Crippen molar-refractivity contribution in [1.82, 2.24) is 15.1 Å². The Kier molecular flexibility index (Phi) is 8.43. The molecule has 0 saturated heterocycles. The third-order valence-corrected chi connectivity index (χ3v) is 6.98. The summed E-state index contributed by atoms with van der Waals surface area (Å²) in [7, 11) is 3.17. The zero-order chi connectivity index (χ0) is 26.4. The van der Waals surface area contributed by atoms with E-state index in [9.17, 15) is 9.59 Å². The van der Waals surface area contributed by atoms with Gasteiger partial charge in [0, 0.05) is 36.5 Å². The van der Waals surface area contributed by atoms with Crippen LogP contribution in [0, 0.1) is 12.8 Å². The minimum atomic E-state index is -0.926. The molecule has 37 heavy (non-hydrogen) atoms. The van der Waals surface area contributed by atoms with Crippen molar-refractivity contribution < 1.29 is 23.8 Å². The van der Waals surface area contributed by atoms with Gasteiger partial charge in [0.15, 0.2) is 5.76 Å². The molecule has 2 N–H and O–H groups in total. The van der Waals surface area contributed by atoms with Crippen LogP contribution in [0.25, 0.3) is 11.5 Å². The van der Waals surface area contributed by atoms with Crippen LogP contribution in [0.2, 0.25) is 0 Å². The molecule has 0 bridgehead atoms. The minimum Gasteiger partial charge on any atom is -0.481 e. The van der Waals surface area contributed by atoms with Gasteiger partial charge in [0.2, 0.25) is 5.88 Å². The topological polar surface area (TPSA) is 118 Å². The molecule has 3 aromatic rings. The van der Waals surface area contributed by atoms with Crippen LogP contribution in [0.1, 0.15) is 66.2 Å². The fourth-order valence-corrected chi connectivity index (χ4v) is 4.88. The van der Waals surface area contributed by atoms with E-state index in [1.54, 1.807) is 32.4 Å². The predicted octanol–water partition coefficient (Wildman–Crippen LogP) is 5.33. The van der Waals surface area contributed by atoms with E-state index in [1.165, 1.54) is 24.2 Å². The number of aromatic nitrogens is 2. The SMILES string of the molecule is COc1ccc(-c2cc(C(Nc3ccc(C(=O)N(C)CCC(=O)O)cc3)C3CCCCC3)c(C)o2)nn1. The number of ether oxygens (including phenoxy) is 1. The fourth-order valence-electron chi connectivity index (χ4n) is 4.88. The largest absolute Gasteiger partial charge is 0.481 e. The number of aryl methyl sites for hydroxylation is 1. The lowest BCUT2D eigenvalue weighted by molar-refractivity contribution is -0.137. The summed E-state index contributed by atoms with van der Waals surface area (Å²) in [6.45, 7) is 2.14. The number of anilines is 1. The molecule has 9 nitrogen and oxygen atoms in total. The van der Waals surface area contributed by atoms with Crippen molar-refractivity contribution in [3.8, 4) is 17.3 Å². The summed E-state index contributed by atoms with van der Waals surface area (Å²) in [5.74, 6) is 1.27. The molecule has 1 amide bonds. The van der Waals surface area contributed by atoms with Gasteiger partial charge in [-0.3, -0.25) is 9.59 Å². The maximum absolute atomic E-state index is 12.7.